The highest BCUT2D eigenvalue weighted by Crippen LogP contribution is 2.20. The highest BCUT2D eigenvalue weighted by molar-refractivity contribution is 7.91. The standard InChI is InChI=1S/C14H14O4S2/c1-10-4-5-11(14(15)16)9-13(10)20(17,18)8-6-12-3-2-7-19-12/h2-5,7,9H,6,8H2,1H3,(H,15,16). The summed E-state index contributed by atoms with van der Waals surface area (Å²) in [5.41, 5.74) is 0.562. The van der Waals surface area contributed by atoms with Crippen LogP contribution in [0.2, 0.25) is 0 Å². The van der Waals surface area contributed by atoms with Gasteiger partial charge in [0.2, 0.25) is 0 Å². The second kappa shape index (κ2) is 5.76. The zero-order valence-corrected chi connectivity index (χ0v) is 12.5. The van der Waals surface area contributed by atoms with Crippen molar-refractivity contribution in [3.05, 3.63) is 51.7 Å². The highest BCUT2D eigenvalue weighted by Gasteiger charge is 2.19. The fourth-order valence-electron chi connectivity index (χ4n) is 1.87. The van der Waals surface area contributed by atoms with E-state index >= 15 is 0 Å². The van der Waals surface area contributed by atoms with E-state index in [2.05, 4.69) is 0 Å². The van der Waals surface area contributed by atoms with Crippen molar-refractivity contribution in [1.29, 1.82) is 0 Å². The van der Waals surface area contributed by atoms with Crippen molar-refractivity contribution in [3.63, 3.8) is 0 Å². The Bertz CT molecular complexity index is 716. The monoisotopic (exact) mass is 310 g/mol. The molecule has 1 aromatic carbocycles. The number of carboxylic acid groups (broad SMARTS) is 1. The molecule has 0 aliphatic rings. The van der Waals surface area contributed by atoms with E-state index in [1.165, 1.54) is 29.5 Å². The summed E-state index contributed by atoms with van der Waals surface area (Å²) in [6.45, 7) is 1.67. The average molecular weight is 310 g/mol. The summed E-state index contributed by atoms with van der Waals surface area (Å²) >= 11 is 1.51. The van der Waals surface area contributed by atoms with Crippen LogP contribution in [0.25, 0.3) is 0 Å². The Morgan fingerprint density at radius 2 is 2.05 bits per heavy atom. The van der Waals surface area contributed by atoms with E-state index < -0.39 is 15.8 Å². The molecule has 1 N–H and O–H groups in total. The fraction of sp³-hybridized carbons (Fsp3) is 0.214. The van der Waals surface area contributed by atoms with Crippen LogP contribution in [0.1, 0.15) is 20.8 Å². The minimum atomic E-state index is -3.48. The van der Waals surface area contributed by atoms with Crippen LogP contribution in [0.5, 0.6) is 0 Å². The van der Waals surface area contributed by atoms with Crippen LogP contribution in [-0.2, 0) is 16.3 Å². The van der Waals surface area contributed by atoms with E-state index in [4.69, 9.17) is 5.11 Å². The van der Waals surface area contributed by atoms with Gasteiger partial charge in [0.15, 0.2) is 9.84 Å². The van der Waals surface area contributed by atoms with Crippen LogP contribution < -0.4 is 0 Å². The Morgan fingerprint density at radius 1 is 1.30 bits per heavy atom. The van der Waals surface area contributed by atoms with Crippen LogP contribution in [-0.4, -0.2) is 25.2 Å². The van der Waals surface area contributed by atoms with Gasteiger partial charge in [0.1, 0.15) is 0 Å². The van der Waals surface area contributed by atoms with Crippen molar-refractivity contribution in [1.82, 2.24) is 0 Å². The molecule has 1 aromatic heterocycles. The molecule has 4 nitrogen and oxygen atoms in total. The van der Waals surface area contributed by atoms with E-state index in [9.17, 15) is 13.2 Å². The first-order chi connectivity index (χ1) is 9.40. The molecular formula is C14H14O4S2. The molecule has 0 atom stereocenters. The van der Waals surface area contributed by atoms with Gasteiger partial charge in [-0.05, 0) is 42.5 Å². The lowest BCUT2D eigenvalue weighted by Gasteiger charge is -2.08. The van der Waals surface area contributed by atoms with Crippen LogP contribution in [0.3, 0.4) is 0 Å². The first kappa shape index (κ1) is 14.7. The predicted molar refractivity (Wildman–Crippen MR) is 78.2 cm³/mol. The Hall–Kier alpha value is -1.66. The number of hydrogen-bond acceptors (Lipinski definition) is 4. The van der Waals surface area contributed by atoms with Crippen molar-refractivity contribution in [3.8, 4) is 0 Å². The quantitative estimate of drug-likeness (QED) is 0.921. The molecule has 0 unspecified atom stereocenters. The summed E-state index contributed by atoms with van der Waals surface area (Å²) in [5, 5.41) is 10.9. The summed E-state index contributed by atoms with van der Waals surface area (Å²) in [5.74, 6) is -1.14. The van der Waals surface area contributed by atoms with Gasteiger partial charge < -0.3 is 5.11 Å². The number of carbonyl (C=O) groups is 1. The molecule has 0 aliphatic carbocycles. The highest BCUT2D eigenvalue weighted by atomic mass is 32.2. The molecule has 0 spiro atoms. The molecule has 0 amide bonds. The second-order valence-electron chi connectivity index (χ2n) is 4.43. The Labute approximate surface area is 121 Å². The minimum absolute atomic E-state index is 0.00898. The number of aromatic carboxylic acids is 1. The maximum Gasteiger partial charge on any atom is 0.335 e. The number of hydrogen-bond donors (Lipinski definition) is 1. The largest absolute Gasteiger partial charge is 0.478 e. The summed E-state index contributed by atoms with van der Waals surface area (Å²) < 4.78 is 24.7. The van der Waals surface area contributed by atoms with Gasteiger partial charge in [0.05, 0.1) is 16.2 Å². The third-order valence-corrected chi connectivity index (χ3v) is 5.76. The van der Waals surface area contributed by atoms with Gasteiger partial charge in [-0.15, -0.1) is 11.3 Å². The molecule has 2 rings (SSSR count). The molecule has 1 heterocycles. The lowest BCUT2D eigenvalue weighted by molar-refractivity contribution is 0.0696. The van der Waals surface area contributed by atoms with E-state index in [-0.39, 0.29) is 16.2 Å². The van der Waals surface area contributed by atoms with Crippen molar-refractivity contribution >= 4 is 27.1 Å². The Morgan fingerprint density at radius 3 is 2.65 bits per heavy atom. The first-order valence-corrected chi connectivity index (χ1v) is 8.52. The normalized spacial score (nSPS) is 11.4. The number of rotatable bonds is 5. The molecular weight excluding hydrogens is 296 g/mol. The second-order valence-corrected chi connectivity index (χ2v) is 7.54. The van der Waals surface area contributed by atoms with Gasteiger partial charge in [0, 0.05) is 4.88 Å². The fourth-order valence-corrected chi connectivity index (χ4v) is 4.28. The van der Waals surface area contributed by atoms with E-state index in [0.717, 1.165) is 4.88 Å². The minimum Gasteiger partial charge on any atom is -0.478 e. The number of aryl methyl sites for hydroxylation is 2. The van der Waals surface area contributed by atoms with E-state index in [1.54, 1.807) is 6.92 Å². The van der Waals surface area contributed by atoms with Gasteiger partial charge in [0.25, 0.3) is 0 Å². The molecule has 0 radical (unpaired) electrons. The third kappa shape index (κ3) is 3.26. The number of thiophene rings is 1. The van der Waals surface area contributed by atoms with Crippen LogP contribution >= 0.6 is 11.3 Å². The van der Waals surface area contributed by atoms with Gasteiger partial charge in [-0.3, -0.25) is 0 Å². The first-order valence-electron chi connectivity index (χ1n) is 5.99. The van der Waals surface area contributed by atoms with E-state index in [1.807, 2.05) is 17.5 Å². The lowest BCUT2D eigenvalue weighted by Crippen LogP contribution is -2.11. The van der Waals surface area contributed by atoms with Gasteiger partial charge in [-0.1, -0.05) is 12.1 Å². The van der Waals surface area contributed by atoms with Crippen molar-refractivity contribution in [2.45, 2.75) is 18.2 Å². The molecule has 6 heteroatoms. The molecule has 0 saturated carbocycles. The van der Waals surface area contributed by atoms with Gasteiger partial charge >= 0.3 is 5.97 Å². The molecule has 106 valence electrons. The number of benzene rings is 1. The van der Waals surface area contributed by atoms with Crippen LogP contribution in [0.15, 0.2) is 40.6 Å². The third-order valence-electron chi connectivity index (χ3n) is 2.97. The molecule has 0 saturated heterocycles. The predicted octanol–water partition coefficient (Wildman–Crippen LogP) is 2.77. The van der Waals surface area contributed by atoms with Crippen molar-refractivity contribution in [2.75, 3.05) is 5.75 Å². The van der Waals surface area contributed by atoms with Crippen molar-refractivity contribution < 1.29 is 18.3 Å². The Balaban J connectivity index is 2.28. The molecule has 2 aromatic rings. The average Bonchev–Trinajstić information content (AvgIpc) is 2.89. The number of carboxylic acids is 1. The van der Waals surface area contributed by atoms with Crippen LogP contribution in [0.4, 0.5) is 0 Å². The summed E-state index contributed by atoms with van der Waals surface area (Å²) in [6.07, 6.45) is 0.441. The summed E-state index contributed by atoms with van der Waals surface area (Å²) in [4.78, 5) is 12.0. The Kier molecular flexibility index (Phi) is 4.25. The topological polar surface area (TPSA) is 71.4 Å². The SMILES string of the molecule is Cc1ccc(C(=O)O)cc1S(=O)(=O)CCc1cccs1. The molecule has 20 heavy (non-hydrogen) atoms. The smallest absolute Gasteiger partial charge is 0.335 e. The zero-order valence-electron chi connectivity index (χ0n) is 10.9. The molecule has 0 bridgehead atoms. The van der Waals surface area contributed by atoms with Gasteiger partial charge in [-0.2, -0.15) is 0 Å². The van der Waals surface area contributed by atoms with E-state index in [0.29, 0.717) is 12.0 Å². The van der Waals surface area contributed by atoms with Gasteiger partial charge in [-0.25, -0.2) is 13.2 Å². The summed E-state index contributed by atoms with van der Waals surface area (Å²) in [7, 11) is -3.48. The van der Waals surface area contributed by atoms with Crippen LogP contribution in [0, 0.1) is 6.92 Å². The number of sulfone groups is 1. The maximum absolute atomic E-state index is 12.3. The van der Waals surface area contributed by atoms with Crippen molar-refractivity contribution in [2.24, 2.45) is 0 Å². The molecule has 0 fully saturated rings. The zero-order chi connectivity index (χ0) is 14.8. The maximum atomic E-state index is 12.3. The molecule has 0 aliphatic heterocycles. The lowest BCUT2D eigenvalue weighted by atomic mass is 10.1. The summed E-state index contributed by atoms with van der Waals surface area (Å²) in [6, 6.07) is 7.95.